The number of methoxy groups -OCH3 is 2. The molecule has 0 aliphatic rings. The number of benzene rings is 2. The zero-order valence-electron chi connectivity index (χ0n) is 12.2. The number of ether oxygens (including phenoxy) is 2. The van der Waals surface area contributed by atoms with Gasteiger partial charge in [0.2, 0.25) is 0 Å². The number of nitrogens with zero attached hydrogens (tertiary/aromatic N) is 1. The highest BCUT2D eigenvalue weighted by molar-refractivity contribution is 14.1. The fourth-order valence-electron chi connectivity index (χ4n) is 2.21. The second-order valence-electron chi connectivity index (χ2n) is 4.59. The first-order valence-corrected chi connectivity index (χ1v) is 8.61. The van der Waals surface area contributed by atoms with E-state index in [4.69, 9.17) is 14.5 Å². The number of aromatic nitrogens is 1. The summed E-state index contributed by atoms with van der Waals surface area (Å²) in [6, 6.07) is 14.2. The molecule has 0 unspecified atom stereocenters. The molecule has 0 fully saturated rings. The van der Waals surface area contributed by atoms with Gasteiger partial charge in [0.1, 0.15) is 5.01 Å². The zero-order chi connectivity index (χ0) is 15.5. The van der Waals surface area contributed by atoms with Crippen LogP contribution in [0, 0.1) is 3.57 Å². The van der Waals surface area contributed by atoms with Gasteiger partial charge in [-0.3, -0.25) is 0 Å². The van der Waals surface area contributed by atoms with E-state index in [0.29, 0.717) is 11.5 Å². The highest BCUT2D eigenvalue weighted by Gasteiger charge is 2.15. The average Bonchev–Trinajstić information content (AvgIpc) is 3.04. The molecule has 0 atom stereocenters. The molecule has 1 aromatic heterocycles. The van der Waals surface area contributed by atoms with Crippen LogP contribution >= 0.6 is 33.9 Å². The Bertz CT molecular complexity index is 784. The molecular weight excluding hydrogens is 409 g/mol. The van der Waals surface area contributed by atoms with Gasteiger partial charge in [0, 0.05) is 14.5 Å². The van der Waals surface area contributed by atoms with Crippen molar-refractivity contribution in [2.75, 3.05) is 14.2 Å². The smallest absolute Gasteiger partial charge is 0.170 e. The van der Waals surface area contributed by atoms with Gasteiger partial charge in [0.05, 0.1) is 25.5 Å². The summed E-state index contributed by atoms with van der Waals surface area (Å²) in [7, 11) is 3.29. The van der Waals surface area contributed by atoms with Crippen molar-refractivity contribution in [1.29, 1.82) is 0 Å². The second kappa shape index (κ2) is 6.66. The van der Waals surface area contributed by atoms with Gasteiger partial charge in [-0.1, -0.05) is 18.2 Å². The number of hydrogen-bond donors (Lipinski definition) is 0. The molecule has 0 aliphatic heterocycles. The fraction of sp³-hybridized carbons (Fsp3) is 0.118. The van der Waals surface area contributed by atoms with Gasteiger partial charge in [-0.2, -0.15) is 0 Å². The molecule has 0 radical (unpaired) electrons. The summed E-state index contributed by atoms with van der Waals surface area (Å²) in [6.45, 7) is 0. The van der Waals surface area contributed by atoms with Crippen LogP contribution in [0.25, 0.3) is 21.8 Å². The number of hydrogen-bond acceptors (Lipinski definition) is 4. The van der Waals surface area contributed by atoms with E-state index in [-0.39, 0.29) is 0 Å². The Balaban J connectivity index is 2.02. The quantitative estimate of drug-likeness (QED) is 0.548. The van der Waals surface area contributed by atoms with E-state index in [9.17, 15) is 0 Å². The van der Waals surface area contributed by atoms with Crippen LogP contribution in [0.4, 0.5) is 0 Å². The van der Waals surface area contributed by atoms with Crippen molar-refractivity contribution in [2.45, 2.75) is 0 Å². The van der Waals surface area contributed by atoms with Crippen molar-refractivity contribution in [2.24, 2.45) is 0 Å². The van der Waals surface area contributed by atoms with E-state index in [1.54, 1.807) is 25.6 Å². The lowest BCUT2D eigenvalue weighted by molar-refractivity contribution is 0.356. The Hall–Kier alpha value is -1.60. The van der Waals surface area contributed by atoms with Crippen LogP contribution in [0.2, 0.25) is 0 Å². The highest BCUT2D eigenvalue weighted by atomic mass is 127. The van der Waals surface area contributed by atoms with Crippen LogP contribution in [0.3, 0.4) is 0 Å². The van der Waals surface area contributed by atoms with E-state index in [0.717, 1.165) is 21.8 Å². The van der Waals surface area contributed by atoms with Crippen molar-refractivity contribution in [1.82, 2.24) is 4.98 Å². The predicted molar refractivity (Wildman–Crippen MR) is 98.8 cm³/mol. The molecule has 3 nitrogen and oxygen atoms in total. The van der Waals surface area contributed by atoms with Crippen LogP contribution < -0.4 is 9.47 Å². The SMILES string of the molecule is COc1cccc(-c2nc(-c3ccc(I)cc3)cs2)c1OC. The number of thiazole rings is 1. The molecule has 3 aromatic rings. The number of para-hydroxylation sites is 1. The summed E-state index contributed by atoms with van der Waals surface area (Å²) in [6.07, 6.45) is 0. The maximum Gasteiger partial charge on any atom is 0.170 e. The lowest BCUT2D eigenvalue weighted by atomic mass is 10.1. The minimum absolute atomic E-state index is 0.714. The molecule has 0 bridgehead atoms. The van der Waals surface area contributed by atoms with Crippen molar-refractivity contribution in [3.63, 3.8) is 0 Å². The minimum Gasteiger partial charge on any atom is -0.493 e. The van der Waals surface area contributed by atoms with Crippen molar-refractivity contribution >= 4 is 33.9 Å². The van der Waals surface area contributed by atoms with Gasteiger partial charge in [0.15, 0.2) is 11.5 Å². The molecule has 22 heavy (non-hydrogen) atoms. The van der Waals surface area contributed by atoms with Gasteiger partial charge in [0.25, 0.3) is 0 Å². The third-order valence-corrected chi connectivity index (χ3v) is 4.87. The molecule has 0 spiro atoms. The Morgan fingerprint density at radius 3 is 2.45 bits per heavy atom. The van der Waals surface area contributed by atoms with Crippen molar-refractivity contribution in [3.05, 3.63) is 51.4 Å². The van der Waals surface area contributed by atoms with E-state index in [2.05, 4.69) is 52.2 Å². The van der Waals surface area contributed by atoms with E-state index >= 15 is 0 Å². The molecule has 0 saturated carbocycles. The number of rotatable bonds is 4. The standard InChI is InChI=1S/C17H14INO2S/c1-20-15-5-3-4-13(16(15)21-2)17-19-14(10-22-17)11-6-8-12(18)9-7-11/h3-10H,1-2H3. The summed E-state index contributed by atoms with van der Waals surface area (Å²) < 4.78 is 12.1. The Labute approximate surface area is 147 Å². The first-order chi connectivity index (χ1) is 10.7. The Morgan fingerprint density at radius 2 is 1.77 bits per heavy atom. The molecule has 1 heterocycles. The molecule has 0 aliphatic carbocycles. The van der Waals surface area contributed by atoms with Gasteiger partial charge >= 0.3 is 0 Å². The predicted octanol–water partition coefficient (Wildman–Crippen LogP) is 5.10. The number of halogens is 1. The largest absolute Gasteiger partial charge is 0.493 e. The average molecular weight is 423 g/mol. The Kier molecular flexibility index (Phi) is 4.63. The van der Waals surface area contributed by atoms with E-state index in [1.807, 2.05) is 18.2 Å². The third kappa shape index (κ3) is 2.96. The van der Waals surface area contributed by atoms with E-state index in [1.165, 1.54) is 3.57 Å². The van der Waals surface area contributed by atoms with Crippen LogP contribution in [0.15, 0.2) is 47.8 Å². The summed E-state index contributed by atoms with van der Waals surface area (Å²) in [5.74, 6) is 1.43. The lowest BCUT2D eigenvalue weighted by Crippen LogP contribution is -1.92. The molecule has 3 rings (SSSR count). The van der Waals surface area contributed by atoms with Gasteiger partial charge in [-0.05, 0) is 46.9 Å². The second-order valence-corrected chi connectivity index (χ2v) is 6.69. The first kappa shape index (κ1) is 15.3. The molecule has 0 N–H and O–H groups in total. The van der Waals surface area contributed by atoms with Crippen LogP contribution in [0.1, 0.15) is 0 Å². The van der Waals surface area contributed by atoms with Gasteiger partial charge in [-0.25, -0.2) is 4.98 Å². The highest BCUT2D eigenvalue weighted by Crippen LogP contribution is 2.40. The van der Waals surface area contributed by atoms with Crippen molar-refractivity contribution < 1.29 is 9.47 Å². The normalized spacial score (nSPS) is 10.5. The maximum atomic E-state index is 5.49. The molecule has 0 saturated heterocycles. The molecule has 112 valence electrons. The Morgan fingerprint density at radius 1 is 1.00 bits per heavy atom. The zero-order valence-corrected chi connectivity index (χ0v) is 15.1. The molecule has 0 amide bonds. The summed E-state index contributed by atoms with van der Waals surface area (Å²) in [5, 5.41) is 2.99. The maximum absolute atomic E-state index is 5.49. The van der Waals surface area contributed by atoms with E-state index < -0.39 is 0 Å². The van der Waals surface area contributed by atoms with Gasteiger partial charge in [-0.15, -0.1) is 11.3 Å². The summed E-state index contributed by atoms with van der Waals surface area (Å²) in [4.78, 5) is 4.74. The molecule has 5 heteroatoms. The topological polar surface area (TPSA) is 31.4 Å². The van der Waals surface area contributed by atoms with Gasteiger partial charge < -0.3 is 9.47 Å². The molecular formula is C17H14INO2S. The summed E-state index contributed by atoms with van der Waals surface area (Å²) in [5.41, 5.74) is 3.04. The van der Waals surface area contributed by atoms with Crippen molar-refractivity contribution in [3.8, 4) is 33.3 Å². The fourth-order valence-corrected chi connectivity index (χ4v) is 3.42. The lowest BCUT2D eigenvalue weighted by Gasteiger charge is -2.10. The summed E-state index contributed by atoms with van der Waals surface area (Å²) >= 11 is 3.90. The third-order valence-electron chi connectivity index (χ3n) is 3.28. The minimum atomic E-state index is 0.714. The monoisotopic (exact) mass is 423 g/mol. The molecule has 2 aromatic carbocycles. The van der Waals surface area contributed by atoms with Crippen LogP contribution in [-0.4, -0.2) is 19.2 Å². The first-order valence-electron chi connectivity index (χ1n) is 6.65. The van der Waals surface area contributed by atoms with Crippen LogP contribution in [0.5, 0.6) is 11.5 Å². The van der Waals surface area contributed by atoms with Crippen LogP contribution in [-0.2, 0) is 0 Å².